The van der Waals surface area contributed by atoms with Gasteiger partial charge in [-0.15, -0.1) is 0 Å². The van der Waals surface area contributed by atoms with Gasteiger partial charge in [0.1, 0.15) is 5.75 Å². The van der Waals surface area contributed by atoms with E-state index in [2.05, 4.69) is 4.98 Å². The van der Waals surface area contributed by atoms with E-state index in [-0.39, 0.29) is 23.6 Å². The molecule has 0 radical (unpaired) electrons. The number of carbonyl (C=O) groups excluding carboxylic acids is 1. The van der Waals surface area contributed by atoms with Gasteiger partial charge < -0.3 is 14.8 Å². The van der Waals surface area contributed by atoms with Crippen LogP contribution in [0.3, 0.4) is 0 Å². The minimum atomic E-state index is -0.114. The molecule has 94 valence electrons. The quantitative estimate of drug-likeness (QED) is 0.817. The summed E-state index contributed by atoms with van der Waals surface area (Å²) in [4.78, 5) is 14.8. The van der Waals surface area contributed by atoms with Crippen LogP contribution < -0.4 is 0 Å². The minimum absolute atomic E-state index is 0.0219. The van der Waals surface area contributed by atoms with Crippen molar-refractivity contribution in [3.63, 3.8) is 0 Å². The Kier molecular flexibility index (Phi) is 2.51. The standard InChI is InChI=1S/C14H15NO3/c1-2-18-14(17)11-6-9(11)12-7-15-13-4-3-8(16)5-10(12)13/h3-5,7,9,11,15-16H,2,6H2,1H3. The number of fused-ring (bicyclic) bond motifs is 1. The van der Waals surface area contributed by atoms with Gasteiger partial charge in [-0.2, -0.15) is 0 Å². The molecule has 1 aliphatic rings. The molecular weight excluding hydrogens is 230 g/mol. The first-order valence-corrected chi connectivity index (χ1v) is 6.17. The maximum absolute atomic E-state index is 11.6. The van der Waals surface area contributed by atoms with Crippen LogP contribution in [0.25, 0.3) is 10.9 Å². The lowest BCUT2D eigenvalue weighted by molar-refractivity contribution is -0.144. The SMILES string of the molecule is CCOC(=O)C1CC1c1c[nH]c2ccc(O)cc12. The molecule has 2 unspecified atom stereocenters. The summed E-state index contributed by atoms with van der Waals surface area (Å²) >= 11 is 0. The topological polar surface area (TPSA) is 62.3 Å². The van der Waals surface area contributed by atoms with Crippen LogP contribution in [0.1, 0.15) is 24.8 Å². The fraction of sp³-hybridized carbons (Fsp3) is 0.357. The van der Waals surface area contributed by atoms with Gasteiger partial charge in [0.2, 0.25) is 0 Å². The van der Waals surface area contributed by atoms with E-state index in [0.29, 0.717) is 6.61 Å². The highest BCUT2D eigenvalue weighted by Gasteiger charge is 2.46. The van der Waals surface area contributed by atoms with Crippen molar-refractivity contribution in [3.8, 4) is 5.75 Å². The molecule has 0 aliphatic heterocycles. The summed E-state index contributed by atoms with van der Waals surface area (Å²) in [5, 5.41) is 10.5. The summed E-state index contributed by atoms with van der Waals surface area (Å²) in [7, 11) is 0. The molecule has 2 atom stereocenters. The van der Waals surface area contributed by atoms with Gasteiger partial charge in [0.15, 0.2) is 0 Å². The van der Waals surface area contributed by atoms with Crippen LogP contribution in [0.4, 0.5) is 0 Å². The molecular formula is C14H15NO3. The second-order valence-corrected chi connectivity index (χ2v) is 4.67. The number of H-pyrrole nitrogens is 1. The monoisotopic (exact) mass is 245 g/mol. The first-order chi connectivity index (χ1) is 8.70. The van der Waals surface area contributed by atoms with Crippen molar-refractivity contribution in [2.24, 2.45) is 5.92 Å². The Morgan fingerprint density at radius 2 is 2.39 bits per heavy atom. The molecule has 3 rings (SSSR count). The fourth-order valence-corrected chi connectivity index (χ4v) is 2.49. The maximum atomic E-state index is 11.6. The number of hydrogen-bond donors (Lipinski definition) is 2. The molecule has 1 aromatic carbocycles. The molecule has 18 heavy (non-hydrogen) atoms. The predicted molar refractivity (Wildman–Crippen MR) is 67.4 cm³/mol. The van der Waals surface area contributed by atoms with Gasteiger partial charge >= 0.3 is 5.97 Å². The zero-order valence-electron chi connectivity index (χ0n) is 10.1. The van der Waals surface area contributed by atoms with E-state index >= 15 is 0 Å². The van der Waals surface area contributed by atoms with Gasteiger partial charge in [0.05, 0.1) is 12.5 Å². The summed E-state index contributed by atoms with van der Waals surface area (Å²) < 4.78 is 5.03. The van der Waals surface area contributed by atoms with Crippen molar-refractivity contribution in [2.75, 3.05) is 6.61 Å². The molecule has 2 N–H and O–H groups in total. The normalized spacial score (nSPS) is 22.1. The molecule has 1 aromatic heterocycles. The van der Waals surface area contributed by atoms with Crippen LogP contribution in [-0.4, -0.2) is 22.7 Å². The second kappa shape index (κ2) is 4.05. The van der Waals surface area contributed by atoms with Gasteiger partial charge in [0.25, 0.3) is 0 Å². The molecule has 0 amide bonds. The predicted octanol–water partition coefficient (Wildman–Crippen LogP) is 2.54. The molecule has 0 saturated heterocycles. The number of carbonyl (C=O) groups is 1. The Hall–Kier alpha value is -1.97. The van der Waals surface area contributed by atoms with Crippen molar-refractivity contribution >= 4 is 16.9 Å². The van der Waals surface area contributed by atoms with E-state index in [1.165, 1.54) is 0 Å². The molecule has 4 heteroatoms. The summed E-state index contributed by atoms with van der Waals surface area (Å²) in [6, 6.07) is 5.23. The van der Waals surface area contributed by atoms with Gasteiger partial charge in [-0.1, -0.05) is 0 Å². The molecule has 0 bridgehead atoms. The van der Waals surface area contributed by atoms with E-state index in [4.69, 9.17) is 4.74 Å². The number of esters is 1. The number of benzene rings is 1. The third-order valence-corrected chi connectivity index (χ3v) is 3.48. The average Bonchev–Trinajstić information content (AvgIpc) is 3.04. The molecule has 1 fully saturated rings. The first kappa shape index (κ1) is 11.1. The van der Waals surface area contributed by atoms with E-state index < -0.39 is 0 Å². The number of ether oxygens (including phenoxy) is 1. The van der Waals surface area contributed by atoms with Gasteiger partial charge in [-0.3, -0.25) is 4.79 Å². The molecule has 4 nitrogen and oxygen atoms in total. The van der Waals surface area contributed by atoms with E-state index in [0.717, 1.165) is 22.9 Å². The third kappa shape index (κ3) is 1.74. The summed E-state index contributed by atoms with van der Waals surface area (Å²) in [5.41, 5.74) is 2.08. The van der Waals surface area contributed by atoms with Crippen molar-refractivity contribution in [2.45, 2.75) is 19.3 Å². The molecule has 1 aliphatic carbocycles. The van der Waals surface area contributed by atoms with Gasteiger partial charge in [-0.25, -0.2) is 0 Å². The van der Waals surface area contributed by atoms with Crippen molar-refractivity contribution < 1.29 is 14.6 Å². The van der Waals surface area contributed by atoms with E-state index in [9.17, 15) is 9.90 Å². The van der Waals surface area contributed by atoms with Gasteiger partial charge in [-0.05, 0) is 37.1 Å². The minimum Gasteiger partial charge on any atom is -0.508 e. The number of phenolic OH excluding ortho intramolecular Hbond substituents is 1. The van der Waals surface area contributed by atoms with E-state index in [1.807, 2.05) is 19.2 Å². The van der Waals surface area contributed by atoms with Crippen molar-refractivity contribution in [3.05, 3.63) is 30.0 Å². The van der Waals surface area contributed by atoms with Crippen LogP contribution >= 0.6 is 0 Å². The fourth-order valence-electron chi connectivity index (χ4n) is 2.49. The lowest BCUT2D eigenvalue weighted by atomic mass is 10.1. The van der Waals surface area contributed by atoms with Gasteiger partial charge in [0, 0.05) is 23.0 Å². The number of phenols is 1. The largest absolute Gasteiger partial charge is 0.508 e. The Morgan fingerprint density at radius 3 is 3.17 bits per heavy atom. The lowest BCUT2D eigenvalue weighted by Gasteiger charge is -2.00. The number of aromatic nitrogens is 1. The molecule has 1 saturated carbocycles. The molecule has 0 spiro atoms. The number of hydrogen-bond acceptors (Lipinski definition) is 3. The van der Waals surface area contributed by atoms with Crippen LogP contribution in [0.15, 0.2) is 24.4 Å². The molecule has 1 heterocycles. The maximum Gasteiger partial charge on any atom is 0.309 e. The Morgan fingerprint density at radius 1 is 1.56 bits per heavy atom. The number of rotatable bonds is 3. The summed E-state index contributed by atoms with van der Waals surface area (Å²) in [6.07, 6.45) is 2.76. The van der Waals surface area contributed by atoms with Crippen LogP contribution in [0.5, 0.6) is 5.75 Å². The second-order valence-electron chi connectivity index (χ2n) is 4.67. The first-order valence-electron chi connectivity index (χ1n) is 6.17. The zero-order valence-corrected chi connectivity index (χ0v) is 10.1. The number of aromatic hydroxyl groups is 1. The highest BCUT2D eigenvalue weighted by molar-refractivity contribution is 5.87. The third-order valence-electron chi connectivity index (χ3n) is 3.48. The summed E-state index contributed by atoms with van der Waals surface area (Å²) in [6.45, 7) is 2.25. The summed E-state index contributed by atoms with van der Waals surface area (Å²) in [5.74, 6) is 0.333. The highest BCUT2D eigenvalue weighted by atomic mass is 16.5. The number of nitrogens with one attached hydrogen (secondary N) is 1. The van der Waals surface area contributed by atoms with E-state index in [1.54, 1.807) is 12.1 Å². The highest BCUT2D eigenvalue weighted by Crippen LogP contribution is 2.50. The van der Waals surface area contributed by atoms with Crippen LogP contribution in [0.2, 0.25) is 0 Å². The zero-order chi connectivity index (χ0) is 12.7. The molecule has 2 aromatic rings. The van der Waals surface area contributed by atoms with Crippen molar-refractivity contribution in [1.82, 2.24) is 4.98 Å². The lowest BCUT2D eigenvalue weighted by Crippen LogP contribution is -2.07. The smallest absolute Gasteiger partial charge is 0.309 e. The number of aromatic amines is 1. The average molecular weight is 245 g/mol. The van der Waals surface area contributed by atoms with Crippen LogP contribution in [-0.2, 0) is 9.53 Å². The van der Waals surface area contributed by atoms with Crippen LogP contribution in [0, 0.1) is 5.92 Å². The Bertz CT molecular complexity index is 602. The van der Waals surface area contributed by atoms with Crippen molar-refractivity contribution in [1.29, 1.82) is 0 Å². The Balaban J connectivity index is 1.88. The Labute approximate surface area is 105 Å².